The van der Waals surface area contributed by atoms with Crippen molar-refractivity contribution >= 4 is 6.03 Å². The van der Waals surface area contributed by atoms with E-state index < -0.39 is 0 Å². The lowest BCUT2D eigenvalue weighted by atomic mass is 9.96. The van der Waals surface area contributed by atoms with Crippen molar-refractivity contribution in [3.05, 3.63) is 0 Å². The lowest BCUT2D eigenvalue weighted by Gasteiger charge is -2.25. The Morgan fingerprint density at radius 2 is 2.07 bits per heavy atom. The van der Waals surface area contributed by atoms with Gasteiger partial charge in [0.1, 0.15) is 0 Å². The summed E-state index contributed by atoms with van der Waals surface area (Å²) in [6.45, 7) is 5.98. The lowest BCUT2D eigenvalue weighted by Crippen LogP contribution is -2.52. The molecule has 2 aliphatic heterocycles. The molecule has 86 valence electrons. The number of carbonyl (C=O) groups excluding carboxylic acids is 1. The molecule has 2 rings (SSSR count). The molecule has 2 saturated heterocycles. The molecule has 0 aliphatic carbocycles. The second kappa shape index (κ2) is 3.67. The number of nitrogens with one attached hydrogen (secondary N) is 3. The number of hydrogen-bond acceptors (Lipinski definition) is 2. The van der Waals surface area contributed by atoms with Crippen molar-refractivity contribution in [1.82, 2.24) is 16.0 Å². The second-order valence-corrected chi connectivity index (χ2v) is 5.74. The van der Waals surface area contributed by atoms with Gasteiger partial charge in [-0.1, -0.05) is 0 Å². The molecule has 3 atom stereocenters. The van der Waals surface area contributed by atoms with Gasteiger partial charge in [-0.15, -0.1) is 0 Å². The van der Waals surface area contributed by atoms with Gasteiger partial charge >= 0.3 is 6.03 Å². The van der Waals surface area contributed by atoms with Crippen LogP contribution in [-0.4, -0.2) is 29.7 Å². The third-order valence-electron chi connectivity index (χ3n) is 3.11. The van der Waals surface area contributed by atoms with E-state index in [4.69, 9.17) is 0 Å². The fraction of sp³-hybridized carbons (Fsp3) is 0.909. The van der Waals surface area contributed by atoms with Crippen LogP contribution in [0.4, 0.5) is 4.79 Å². The Balaban J connectivity index is 1.80. The number of hydrogen-bond donors (Lipinski definition) is 3. The van der Waals surface area contributed by atoms with E-state index in [1.54, 1.807) is 0 Å². The van der Waals surface area contributed by atoms with Crippen LogP contribution in [0.15, 0.2) is 0 Å². The summed E-state index contributed by atoms with van der Waals surface area (Å²) in [5.41, 5.74) is -0.158. The molecule has 0 aromatic rings. The molecule has 0 spiro atoms. The van der Waals surface area contributed by atoms with Crippen molar-refractivity contribution in [2.45, 2.75) is 63.7 Å². The first-order valence-electron chi connectivity index (χ1n) is 5.79. The van der Waals surface area contributed by atoms with Crippen LogP contribution in [0.25, 0.3) is 0 Å². The summed E-state index contributed by atoms with van der Waals surface area (Å²) < 4.78 is 0. The van der Waals surface area contributed by atoms with Crippen LogP contribution >= 0.6 is 0 Å². The van der Waals surface area contributed by atoms with Gasteiger partial charge in [-0.2, -0.15) is 0 Å². The van der Waals surface area contributed by atoms with E-state index in [-0.39, 0.29) is 11.6 Å². The minimum Gasteiger partial charge on any atom is -0.334 e. The van der Waals surface area contributed by atoms with Gasteiger partial charge < -0.3 is 16.0 Å². The molecular weight excluding hydrogens is 190 g/mol. The highest BCUT2D eigenvalue weighted by atomic mass is 16.2. The van der Waals surface area contributed by atoms with Gasteiger partial charge in [-0.05, 0) is 40.0 Å². The third-order valence-corrected chi connectivity index (χ3v) is 3.11. The molecule has 15 heavy (non-hydrogen) atoms. The predicted molar refractivity (Wildman–Crippen MR) is 59.8 cm³/mol. The molecule has 2 amide bonds. The summed E-state index contributed by atoms with van der Waals surface area (Å²) in [5, 5.41) is 9.49. The monoisotopic (exact) mass is 211 g/mol. The maximum Gasteiger partial charge on any atom is 0.315 e. The van der Waals surface area contributed by atoms with E-state index >= 15 is 0 Å². The number of carbonyl (C=O) groups is 1. The van der Waals surface area contributed by atoms with Crippen molar-refractivity contribution in [3.8, 4) is 0 Å². The first kappa shape index (κ1) is 10.7. The van der Waals surface area contributed by atoms with Crippen LogP contribution < -0.4 is 16.0 Å². The highest BCUT2D eigenvalue weighted by Gasteiger charge is 2.39. The molecular formula is C11H21N3O. The highest BCUT2D eigenvalue weighted by molar-refractivity contribution is 5.75. The first-order chi connectivity index (χ1) is 6.94. The molecule has 0 aromatic heterocycles. The Hall–Kier alpha value is -0.770. The average Bonchev–Trinajstić information content (AvgIpc) is 2.60. The van der Waals surface area contributed by atoms with Crippen molar-refractivity contribution in [1.29, 1.82) is 0 Å². The van der Waals surface area contributed by atoms with Gasteiger partial charge in [-0.25, -0.2) is 4.79 Å². The Morgan fingerprint density at radius 3 is 2.53 bits per heavy atom. The van der Waals surface area contributed by atoms with Crippen molar-refractivity contribution in [2.75, 3.05) is 0 Å². The zero-order chi connectivity index (χ0) is 11.1. The normalized spacial score (nSPS) is 34.2. The van der Waals surface area contributed by atoms with Crippen LogP contribution in [0.3, 0.4) is 0 Å². The molecule has 0 radical (unpaired) electrons. The quantitative estimate of drug-likeness (QED) is 0.605. The molecule has 3 unspecified atom stereocenters. The maximum atomic E-state index is 11.6. The van der Waals surface area contributed by atoms with Crippen LogP contribution in [0.1, 0.15) is 40.0 Å². The molecule has 3 N–H and O–H groups in total. The van der Waals surface area contributed by atoms with Crippen molar-refractivity contribution in [2.24, 2.45) is 0 Å². The number of fused-ring (bicyclic) bond motifs is 2. The fourth-order valence-corrected chi connectivity index (χ4v) is 2.53. The highest BCUT2D eigenvalue weighted by Crippen LogP contribution is 2.28. The topological polar surface area (TPSA) is 53.2 Å². The first-order valence-corrected chi connectivity index (χ1v) is 5.79. The summed E-state index contributed by atoms with van der Waals surface area (Å²) in [6, 6.07) is 1.42. The molecule has 2 aliphatic rings. The molecule has 0 aromatic carbocycles. The Kier molecular flexibility index (Phi) is 2.63. The van der Waals surface area contributed by atoms with Crippen LogP contribution in [0.2, 0.25) is 0 Å². The average molecular weight is 211 g/mol. The maximum absolute atomic E-state index is 11.6. The smallest absolute Gasteiger partial charge is 0.315 e. The fourth-order valence-electron chi connectivity index (χ4n) is 2.53. The Morgan fingerprint density at radius 1 is 1.33 bits per heavy atom. The van der Waals surface area contributed by atoms with Crippen LogP contribution in [-0.2, 0) is 0 Å². The van der Waals surface area contributed by atoms with E-state index in [0.29, 0.717) is 18.1 Å². The van der Waals surface area contributed by atoms with Crippen molar-refractivity contribution < 1.29 is 4.79 Å². The number of amides is 2. The summed E-state index contributed by atoms with van der Waals surface area (Å²) in [6.07, 6.45) is 3.55. The van der Waals surface area contributed by atoms with Gasteiger partial charge in [0.15, 0.2) is 0 Å². The summed E-state index contributed by atoms with van der Waals surface area (Å²) in [7, 11) is 0. The minimum absolute atomic E-state index is 0.0400. The Labute approximate surface area is 91.2 Å². The molecule has 2 fully saturated rings. The molecule has 2 bridgehead atoms. The summed E-state index contributed by atoms with van der Waals surface area (Å²) >= 11 is 0. The van der Waals surface area contributed by atoms with Gasteiger partial charge in [0.25, 0.3) is 0 Å². The zero-order valence-corrected chi connectivity index (χ0v) is 9.76. The van der Waals surface area contributed by atoms with Crippen LogP contribution in [0, 0.1) is 0 Å². The van der Waals surface area contributed by atoms with Crippen LogP contribution in [0.5, 0.6) is 0 Å². The largest absolute Gasteiger partial charge is 0.334 e. The Bertz CT molecular complexity index is 259. The molecule has 2 heterocycles. The lowest BCUT2D eigenvalue weighted by molar-refractivity contribution is 0.225. The molecule has 0 saturated carbocycles. The molecule has 4 heteroatoms. The van der Waals surface area contributed by atoms with Gasteiger partial charge in [0, 0.05) is 23.7 Å². The molecule has 4 nitrogen and oxygen atoms in total. The van der Waals surface area contributed by atoms with E-state index in [2.05, 4.69) is 16.0 Å². The van der Waals surface area contributed by atoms with Gasteiger partial charge in [-0.3, -0.25) is 0 Å². The second-order valence-electron chi connectivity index (χ2n) is 5.74. The summed E-state index contributed by atoms with van der Waals surface area (Å²) in [5.74, 6) is 0. The van der Waals surface area contributed by atoms with E-state index in [9.17, 15) is 4.79 Å². The summed E-state index contributed by atoms with van der Waals surface area (Å²) in [4.78, 5) is 11.6. The SMILES string of the molecule is CC(C)(C)NC(=O)NC1CC2CCC1N2. The van der Waals surface area contributed by atoms with Gasteiger partial charge in [0.05, 0.1) is 0 Å². The predicted octanol–water partition coefficient (Wildman–Crippen LogP) is 0.977. The third kappa shape index (κ3) is 2.62. The number of rotatable bonds is 1. The van der Waals surface area contributed by atoms with E-state index in [1.807, 2.05) is 20.8 Å². The van der Waals surface area contributed by atoms with E-state index in [1.165, 1.54) is 12.8 Å². The number of urea groups is 1. The zero-order valence-electron chi connectivity index (χ0n) is 9.76. The minimum atomic E-state index is -0.158. The van der Waals surface area contributed by atoms with Crippen molar-refractivity contribution in [3.63, 3.8) is 0 Å². The van der Waals surface area contributed by atoms with E-state index in [0.717, 1.165) is 6.42 Å². The standard InChI is InChI=1S/C11H21N3O/c1-11(2,3)14-10(15)13-9-6-7-4-5-8(9)12-7/h7-9,12H,4-6H2,1-3H3,(H2,13,14,15). The van der Waals surface area contributed by atoms with Gasteiger partial charge in [0.2, 0.25) is 0 Å².